The zero-order valence-electron chi connectivity index (χ0n) is 6.51. The third-order valence-corrected chi connectivity index (χ3v) is 2.45. The van der Waals surface area contributed by atoms with Crippen LogP contribution >= 0.6 is 15.9 Å². The van der Waals surface area contributed by atoms with Crippen LogP contribution in [0.15, 0.2) is 16.6 Å². The Morgan fingerprint density at radius 1 is 1.50 bits per heavy atom. The van der Waals surface area contributed by atoms with Gasteiger partial charge in [0.1, 0.15) is 5.75 Å². The van der Waals surface area contributed by atoms with Crippen LogP contribution in [0.3, 0.4) is 0 Å². The highest BCUT2D eigenvalue weighted by atomic mass is 79.9. The molecule has 64 valence electrons. The number of rotatable bonds is 1. The van der Waals surface area contributed by atoms with Gasteiger partial charge >= 0.3 is 0 Å². The molecule has 1 aliphatic rings. The fourth-order valence-electron chi connectivity index (χ4n) is 1.46. The SMILES string of the molecule is OCc1cc(Br)cc2c1OCC2. The molecule has 12 heavy (non-hydrogen) atoms. The normalized spacial score (nSPS) is 14.2. The van der Waals surface area contributed by atoms with Gasteiger partial charge in [-0.3, -0.25) is 0 Å². The van der Waals surface area contributed by atoms with Crippen molar-refractivity contribution in [3.8, 4) is 5.75 Å². The van der Waals surface area contributed by atoms with Gasteiger partial charge in [-0.15, -0.1) is 0 Å². The largest absolute Gasteiger partial charge is 0.493 e. The molecule has 1 heterocycles. The number of aliphatic hydroxyl groups excluding tert-OH is 1. The highest BCUT2D eigenvalue weighted by Gasteiger charge is 2.16. The summed E-state index contributed by atoms with van der Waals surface area (Å²) in [6.45, 7) is 0.778. The van der Waals surface area contributed by atoms with Crippen LogP contribution in [-0.2, 0) is 13.0 Å². The van der Waals surface area contributed by atoms with Gasteiger partial charge in [0.2, 0.25) is 0 Å². The summed E-state index contributed by atoms with van der Waals surface area (Å²) in [5, 5.41) is 9.03. The highest BCUT2D eigenvalue weighted by molar-refractivity contribution is 9.10. The van der Waals surface area contributed by atoms with Crippen molar-refractivity contribution < 1.29 is 9.84 Å². The molecule has 2 nitrogen and oxygen atoms in total. The Bertz CT molecular complexity index is 310. The molecule has 1 N–H and O–H groups in total. The zero-order chi connectivity index (χ0) is 8.55. The summed E-state index contributed by atoms with van der Waals surface area (Å²) in [4.78, 5) is 0. The van der Waals surface area contributed by atoms with E-state index in [-0.39, 0.29) is 6.61 Å². The summed E-state index contributed by atoms with van der Waals surface area (Å²) in [6.07, 6.45) is 0.946. The number of aliphatic hydroxyl groups is 1. The van der Waals surface area contributed by atoms with Crippen LogP contribution in [0.1, 0.15) is 11.1 Å². The minimum absolute atomic E-state index is 0.0434. The van der Waals surface area contributed by atoms with Crippen molar-refractivity contribution in [2.24, 2.45) is 0 Å². The first-order valence-electron chi connectivity index (χ1n) is 3.86. The second-order valence-corrected chi connectivity index (χ2v) is 3.73. The molecule has 0 unspecified atom stereocenters. The van der Waals surface area contributed by atoms with Crippen molar-refractivity contribution in [2.45, 2.75) is 13.0 Å². The summed E-state index contributed by atoms with van der Waals surface area (Å²) in [5.41, 5.74) is 2.06. The minimum atomic E-state index is 0.0434. The zero-order valence-corrected chi connectivity index (χ0v) is 8.10. The first kappa shape index (κ1) is 8.08. The average Bonchev–Trinajstić information content (AvgIpc) is 2.50. The van der Waals surface area contributed by atoms with Crippen LogP contribution in [0.5, 0.6) is 5.75 Å². The molecule has 0 radical (unpaired) electrons. The molecule has 1 aromatic carbocycles. The number of hydrogen-bond donors (Lipinski definition) is 1. The van der Waals surface area contributed by atoms with Crippen LogP contribution in [0.4, 0.5) is 0 Å². The maximum atomic E-state index is 9.03. The van der Waals surface area contributed by atoms with Crippen LogP contribution in [0, 0.1) is 0 Å². The summed E-state index contributed by atoms with van der Waals surface area (Å²) in [7, 11) is 0. The number of ether oxygens (including phenoxy) is 1. The van der Waals surface area contributed by atoms with Gasteiger partial charge in [-0.2, -0.15) is 0 Å². The van der Waals surface area contributed by atoms with Gasteiger partial charge in [0.15, 0.2) is 0 Å². The predicted octanol–water partition coefficient (Wildman–Crippen LogP) is 1.88. The summed E-state index contributed by atoms with van der Waals surface area (Å²) >= 11 is 3.39. The van der Waals surface area contributed by atoms with E-state index in [1.807, 2.05) is 12.1 Å². The molecule has 1 aromatic rings. The van der Waals surface area contributed by atoms with E-state index >= 15 is 0 Å². The Morgan fingerprint density at radius 3 is 3.08 bits per heavy atom. The van der Waals surface area contributed by atoms with Crippen LogP contribution in [0.2, 0.25) is 0 Å². The topological polar surface area (TPSA) is 29.5 Å². The smallest absolute Gasteiger partial charge is 0.128 e. The average molecular weight is 229 g/mol. The predicted molar refractivity (Wildman–Crippen MR) is 49.3 cm³/mol. The van der Waals surface area contributed by atoms with E-state index in [0.29, 0.717) is 0 Å². The fourth-order valence-corrected chi connectivity index (χ4v) is 2.02. The van der Waals surface area contributed by atoms with Gasteiger partial charge in [0.05, 0.1) is 13.2 Å². The second kappa shape index (κ2) is 3.07. The van der Waals surface area contributed by atoms with Crippen LogP contribution in [-0.4, -0.2) is 11.7 Å². The van der Waals surface area contributed by atoms with Crippen molar-refractivity contribution in [1.29, 1.82) is 0 Å². The molecule has 0 atom stereocenters. The first-order chi connectivity index (χ1) is 5.81. The number of fused-ring (bicyclic) bond motifs is 1. The monoisotopic (exact) mass is 228 g/mol. The Hall–Kier alpha value is -0.540. The standard InChI is InChI=1S/C9H9BrO2/c10-8-3-6-1-2-12-9(6)7(4-8)5-11/h3-4,11H,1-2,5H2. The van der Waals surface area contributed by atoms with Gasteiger partial charge in [-0.1, -0.05) is 15.9 Å². The Balaban J connectivity index is 2.55. The highest BCUT2D eigenvalue weighted by Crippen LogP contribution is 2.32. The molecule has 0 amide bonds. The minimum Gasteiger partial charge on any atom is -0.493 e. The lowest BCUT2D eigenvalue weighted by atomic mass is 10.1. The van der Waals surface area contributed by atoms with E-state index in [9.17, 15) is 0 Å². The van der Waals surface area contributed by atoms with Crippen molar-refractivity contribution in [3.63, 3.8) is 0 Å². The maximum Gasteiger partial charge on any atom is 0.128 e. The third-order valence-electron chi connectivity index (χ3n) is 2.00. The lowest BCUT2D eigenvalue weighted by molar-refractivity contribution is 0.271. The quantitative estimate of drug-likeness (QED) is 0.796. The van der Waals surface area contributed by atoms with E-state index in [4.69, 9.17) is 9.84 Å². The van der Waals surface area contributed by atoms with Crippen molar-refractivity contribution in [2.75, 3.05) is 6.61 Å². The van der Waals surface area contributed by atoms with E-state index in [0.717, 1.165) is 28.8 Å². The molecule has 0 saturated heterocycles. The van der Waals surface area contributed by atoms with E-state index in [1.54, 1.807) is 0 Å². The molecule has 0 aromatic heterocycles. The van der Waals surface area contributed by atoms with Gasteiger partial charge in [0, 0.05) is 16.5 Å². The van der Waals surface area contributed by atoms with Crippen molar-refractivity contribution >= 4 is 15.9 Å². The summed E-state index contributed by atoms with van der Waals surface area (Å²) < 4.78 is 6.40. The number of benzene rings is 1. The molecule has 3 heteroatoms. The van der Waals surface area contributed by atoms with Gasteiger partial charge in [0.25, 0.3) is 0 Å². The van der Waals surface area contributed by atoms with Crippen LogP contribution in [0.25, 0.3) is 0 Å². The van der Waals surface area contributed by atoms with E-state index in [2.05, 4.69) is 15.9 Å². The van der Waals surface area contributed by atoms with E-state index < -0.39 is 0 Å². The third kappa shape index (κ3) is 1.23. The molecule has 0 bridgehead atoms. The van der Waals surface area contributed by atoms with Crippen molar-refractivity contribution in [1.82, 2.24) is 0 Å². The molecule has 0 saturated carbocycles. The summed E-state index contributed by atoms with van der Waals surface area (Å²) in [5.74, 6) is 0.876. The second-order valence-electron chi connectivity index (χ2n) is 2.81. The molecule has 2 rings (SSSR count). The number of halogens is 1. The van der Waals surface area contributed by atoms with Crippen LogP contribution < -0.4 is 4.74 Å². The molecule has 0 spiro atoms. The Labute approximate surface area is 79.3 Å². The molecule has 0 aliphatic carbocycles. The Morgan fingerprint density at radius 2 is 2.33 bits per heavy atom. The molecular weight excluding hydrogens is 220 g/mol. The maximum absolute atomic E-state index is 9.03. The lowest BCUT2D eigenvalue weighted by Crippen LogP contribution is -1.91. The molecule has 0 fully saturated rings. The Kier molecular flexibility index (Phi) is 2.07. The van der Waals surface area contributed by atoms with Gasteiger partial charge in [-0.25, -0.2) is 0 Å². The van der Waals surface area contributed by atoms with Crippen molar-refractivity contribution in [3.05, 3.63) is 27.7 Å². The molecule has 1 aliphatic heterocycles. The number of hydrogen-bond acceptors (Lipinski definition) is 2. The molecular formula is C9H9BrO2. The first-order valence-corrected chi connectivity index (χ1v) is 4.65. The lowest BCUT2D eigenvalue weighted by Gasteiger charge is -2.05. The van der Waals surface area contributed by atoms with E-state index in [1.165, 1.54) is 5.56 Å². The van der Waals surface area contributed by atoms with Gasteiger partial charge in [-0.05, 0) is 17.7 Å². The summed E-state index contributed by atoms with van der Waals surface area (Å²) in [6, 6.07) is 3.94. The fraction of sp³-hybridized carbons (Fsp3) is 0.333. The van der Waals surface area contributed by atoms with Gasteiger partial charge < -0.3 is 9.84 Å².